The molecule has 0 saturated heterocycles. The van der Waals surface area contributed by atoms with Crippen LogP contribution in [0.4, 0.5) is 0 Å². The number of carbonyl (C=O) groups is 1. The number of carbonyl (C=O) groups excluding carboxylic acids is 1. The van der Waals surface area contributed by atoms with Gasteiger partial charge in [-0.3, -0.25) is 9.69 Å². The molecule has 2 atom stereocenters. The van der Waals surface area contributed by atoms with E-state index in [9.17, 15) is 4.79 Å². The monoisotopic (exact) mass is 272 g/mol. The van der Waals surface area contributed by atoms with Crippen molar-refractivity contribution in [3.05, 3.63) is 35.9 Å². The minimum absolute atomic E-state index is 0.132. The average molecular weight is 272 g/mol. The molecule has 20 heavy (non-hydrogen) atoms. The zero-order chi connectivity index (χ0) is 14.2. The van der Waals surface area contributed by atoms with Gasteiger partial charge >= 0.3 is 0 Å². The lowest BCUT2D eigenvalue weighted by Crippen LogP contribution is -2.63. The Morgan fingerprint density at radius 3 is 2.80 bits per heavy atom. The van der Waals surface area contributed by atoms with Crippen LogP contribution in [0.3, 0.4) is 0 Å². The first-order chi connectivity index (χ1) is 9.66. The minimum Gasteiger partial charge on any atom is -0.369 e. The van der Waals surface area contributed by atoms with Gasteiger partial charge in [0.2, 0.25) is 5.96 Å². The van der Waals surface area contributed by atoms with E-state index in [0.717, 1.165) is 5.56 Å². The highest BCUT2D eigenvalue weighted by Gasteiger charge is 2.50. The van der Waals surface area contributed by atoms with Gasteiger partial charge in [-0.2, -0.15) is 0 Å². The molecule has 7 nitrogen and oxygen atoms in total. The van der Waals surface area contributed by atoms with Crippen LogP contribution >= 0.6 is 0 Å². The quantitative estimate of drug-likeness (QED) is 0.655. The van der Waals surface area contributed by atoms with Gasteiger partial charge in [0.25, 0.3) is 5.91 Å². The molecule has 0 aliphatic carbocycles. The molecule has 0 fully saturated rings. The molecular formula is C13H16N6O. The van der Waals surface area contributed by atoms with E-state index in [-0.39, 0.29) is 18.4 Å². The van der Waals surface area contributed by atoms with Crippen LogP contribution in [0, 0.1) is 0 Å². The second kappa shape index (κ2) is 4.61. The van der Waals surface area contributed by atoms with Crippen LogP contribution in [0.2, 0.25) is 0 Å². The lowest BCUT2D eigenvalue weighted by atomic mass is 9.99. The van der Waals surface area contributed by atoms with Gasteiger partial charge in [0.15, 0.2) is 11.7 Å². The van der Waals surface area contributed by atoms with Crippen molar-refractivity contribution in [2.45, 2.75) is 18.2 Å². The summed E-state index contributed by atoms with van der Waals surface area (Å²) >= 11 is 0. The van der Waals surface area contributed by atoms with Crippen LogP contribution in [-0.2, 0) is 11.3 Å². The van der Waals surface area contributed by atoms with Crippen molar-refractivity contribution < 1.29 is 4.79 Å². The number of aliphatic imine (C=N–C) groups is 2. The molecule has 104 valence electrons. The number of benzene rings is 1. The van der Waals surface area contributed by atoms with Crippen LogP contribution in [-0.4, -0.2) is 41.4 Å². The van der Waals surface area contributed by atoms with Gasteiger partial charge in [0.05, 0.1) is 12.9 Å². The van der Waals surface area contributed by atoms with Gasteiger partial charge < -0.3 is 16.8 Å². The summed E-state index contributed by atoms with van der Waals surface area (Å²) in [6.07, 6.45) is 1.47. The van der Waals surface area contributed by atoms with Gasteiger partial charge in [-0.25, -0.2) is 9.98 Å². The lowest BCUT2D eigenvalue weighted by Gasteiger charge is -2.37. The van der Waals surface area contributed by atoms with E-state index in [1.807, 2.05) is 30.3 Å². The van der Waals surface area contributed by atoms with Crippen LogP contribution in [0.1, 0.15) is 5.56 Å². The number of nitrogens with one attached hydrogen (secondary N) is 1. The van der Waals surface area contributed by atoms with Gasteiger partial charge in [-0.1, -0.05) is 30.3 Å². The molecule has 0 aromatic heterocycles. The lowest BCUT2D eigenvalue weighted by molar-refractivity contribution is -0.131. The van der Waals surface area contributed by atoms with Crippen molar-refractivity contribution in [3.8, 4) is 0 Å². The molecule has 1 amide bonds. The largest absolute Gasteiger partial charge is 0.369 e. The number of hydrogen-bond acceptors (Lipinski definition) is 6. The van der Waals surface area contributed by atoms with Crippen LogP contribution in [0.15, 0.2) is 40.3 Å². The van der Waals surface area contributed by atoms with Crippen LogP contribution in [0.5, 0.6) is 0 Å². The highest BCUT2D eigenvalue weighted by Crippen LogP contribution is 2.27. The molecular weight excluding hydrogens is 256 g/mol. The van der Waals surface area contributed by atoms with Gasteiger partial charge in [0, 0.05) is 6.54 Å². The molecule has 5 N–H and O–H groups in total. The maximum Gasteiger partial charge on any atom is 0.256 e. The van der Waals surface area contributed by atoms with Gasteiger partial charge in [-0.05, 0) is 5.56 Å². The fourth-order valence-electron chi connectivity index (χ4n) is 2.46. The number of fused-ring (bicyclic) bond motifs is 1. The Bertz CT molecular complexity index is 584. The molecule has 2 aliphatic heterocycles. The number of nitrogens with zero attached hydrogens (tertiary/aromatic N) is 3. The number of nitrogens with two attached hydrogens (primary N) is 2. The standard InChI is InChI=1S/C13H16N6O/c14-7-13-10(16-8-17-13)11(20)19(12(15)18-13)6-9-4-2-1-3-5-9/h1-5,8,10H,6-7,14H2,(H2,15,18)(H,16,17). The molecule has 1 aromatic carbocycles. The van der Waals surface area contributed by atoms with Gasteiger partial charge in [-0.15, -0.1) is 0 Å². The van der Waals surface area contributed by atoms with E-state index >= 15 is 0 Å². The maximum atomic E-state index is 12.6. The Labute approximate surface area is 116 Å². The molecule has 1 aromatic rings. The zero-order valence-electron chi connectivity index (χ0n) is 10.9. The number of rotatable bonds is 3. The Morgan fingerprint density at radius 2 is 2.10 bits per heavy atom. The highest BCUT2D eigenvalue weighted by molar-refractivity contribution is 6.03. The summed E-state index contributed by atoms with van der Waals surface area (Å²) in [6, 6.07) is 9.04. The molecule has 0 spiro atoms. The molecule has 7 heteroatoms. The number of hydrogen-bond donors (Lipinski definition) is 3. The summed E-state index contributed by atoms with van der Waals surface area (Å²) in [6.45, 7) is 0.515. The molecule has 3 rings (SSSR count). The van der Waals surface area contributed by atoms with E-state index in [1.54, 1.807) is 0 Å². The normalized spacial score (nSPS) is 28.1. The first kappa shape index (κ1) is 12.6. The van der Waals surface area contributed by atoms with Crippen molar-refractivity contribution in [3.63, 3.8) is 0 Å². The van der Waals surface area contributed by atoms with E-state index in [0.29, 0.717) is 6.54 Å². The van der Waals surface area contributed by atoms with Crippen LogP contribution < -0.4 is 16.8 Å². The topological polar surface area (TPSA) is 109 Å². The third kappa shape index (κ3) is 1.83. The first-order valence-corrected chi connectivity index (χ1v) is 6.37. The molecule has 2 unspecified atom stereocenters. The summed E-state index contributed by atoms with van der Waals surface area (Å²) in [4.78, 5) is 22.5. The summed E-state index contributed by atoms with van der Waals surface area (Å²) in [5.74, 6) is -0.00861. The molecule has 2 aliphatic rings. The fraction of sp³-hybridized carbons (Fsp3) is 0.308. The SMILES string of the molecule is NCC12N=CNC1C(=O)N(Cc1ccccc1)C(N)=N2. The fourth-order valence-corrected chi connectivity index (χ4v) is 2.46. The summed E-state index contributed by atoms with van der Waals surface area (Å²) in [7, 11) is 0. The predicted molar refractivity (Wildman–Crippen MR) is 75.8 cm³/mol. The summed E-state index contributed by atoms with van der Waals surface area (Å²) < 4.78 is 0. The van der Waals surface area contributed by atoms with E-state index in [1.165, 1.54) is 11.2 Å². The third-order valence-corrected chi connectivity index (χ3v) is 3.57. The van der Waals surface area contributed by atoms with Crippen LogP contribution in [0.25, 0.3) is 0 Å². The summed E-state index contributed by atoms with van der Waals surface area (Å²) in [5.41, 5.74) is 11.6. The molecule has 2 heterocycles. The number of guanidine groups is 1. The second-order valence-electron chi connectivity index (χ2n) is 4.82. The Morgan fingerprint density at radius 1 is 1.35 bits per heavy atom. The average Bonchev–Trinajstić information content (AvgIpc) is 2.89. The van der Waals surface area contributed by atoms with Crippen molar-refractivity contribution >= 4 is 18.2 Å². The molecule has 0 saturated carbocycles. The van der Waals surface area contributed by atoms with Gasteiger partial charge in [0.1, 0.15) is 0 Å². The second-order valence-corrected chi connectivity index (χ2v) is 4.82. The predicted octanol–water partition coefficient (Wildman–Crippen LogP) is -1.00. The summed E-state index contributed by atoms with van der Waals surface area (Å²) in [5, 5.41) is 2.91. The number of amides is 1. The van der Waals surface area contributed by atoms with E-state index in [4.69, 9.17) is 11.5 Å². The first-order valence-electron chi connectivity index (χ1n) is 6.37. The maximum absolute atomic E-state index is 12.6. The zero-order valence-corrected chi connectivity index (χ0v) is 10.9. The van der Waals surface area contributed by atoms with Crippen molar-refractivity contribution in [2.24, 2.45) is 21.5 Å². The van der Waals surface area contributed by atoms with Crippen molar-refractivity contribution in [2.75, 3.05) is 6.54 Å². The molecule has 0 radical (unpaired) electrons. The Kier molecular flexibility index (Phi) is 2.90. The van der Waals surface area contributed by atoms with E-state index < -0.39 is 11.7 Å². The highest BCUT2D eigenvalue weighted by atomic mass is 16.2. The Hall–Kier alpha value is -2.41. The van der Waals surface area contributed by atoms with Crippen molar-refractivity contribution in [1.29, 1.82) is 0 Å². The third-order valence-electron chi connectivity index (χ3n) is 3.57. The van der Waals surface area contributed by atoms with Crippen molar-refractivity contribution in [1.82, 2.24) is 10.2 Å². The molecule has 0 bridgehead atoms. The smallest absolute Gasteiger partial charge is 0.256 e. The minimum atomic E-state index is -0.992. The van der Waals surface area contributed by atoms with E-state index in [2.05, 4.69) is 15.3 Å². The Balaban J connectivity index is 1.91.